The Balaban J connectivity index is 1.41. The second-order valence-corrected chi connectivity index (χ2v) is 10.3. The molecule has 2 aromatic carbocycles. The number of benzene rings is 2. The van der Waals surface area contributed by atoms with Gasteiger partial charge in [-0.1, -0.05) is 38.1 Å². The number of anilines is 1. The lowest BCUT2D eigenvalue weighted by Gasteiger charge is -2.18. The lowest BCUT2D eigenvalue weighted by molar-refractivity contribution is 0.0955. The van der Waals surface area contributed by atoms with Gasteiger partial charge in [0.05, 0.1) is 11.8 Å². The average Bonchev–Trinajstić information content (AvgIpc) is 3.50. The van der Waals surface area contributed by atoms with Crippen LogP contribution in [0.1, 0.15) is 62.6 Å². The summed E-state index contributed by atoms with van der Waals surface area (Å²) in [6.07, 6.45) is 4.04. The Bertz CT molecular complexity index is 1300. The predicted octanol–water partition coefficient (Wildman–Crippen LogP) is 4.82. The summed E-state index contributed by atoms with van der Waals surface area (Å²) in [5.41, 5.74) is 6.07. The standard InChI is InChI=1S/C29H34FN5O2S/c1-3-35(4-2)15-14-31-18-20-8-5-10-22(16-20)27(36)33-29-26(24-12-7-13-25(24)38-29)28(37)34-32-19-21-9-6-11-23(30)17-21/h5-6,8-11,16-17,19,31H,3-4,7,12-15,18H2,1-2H3,(H,33,36)(H,34,37)/b32-19+. The molecule has 0 aliphatic heterocycles. The van der Waals surface area contributed by atoms with Crippen LogP contribution in [0.5, 0.6) is 0 Å². The van der Waals surface area contributed by atoms with Crippen molar-refractivity contribution >= 4 is 34.4 Å². The van der Waals surface area contributed by atoms with Crippen LogP contribution < -0.4 is 16.1 Å². The summed E-state index contributed by atoms with van der Waals surface area (Å²) in [7, 11) is 0. The van der Waals surface area contributed by atoms with E-state index in [2.05, 4.69) is 39.9 Å². The molecule has 38 heavy (non-hydrogen) atoms. The molecule has 0 radical (unpaired) electrons. The number of rotatable bonds is 12. The van der Waals surface area contributed by atoms with Gasteiger partial charge in [0.15, 0.2) is 0 Å². The molecule has 0 bridgehead atoms. The minimum Gasteiger partial charge on any atom is -0.313 e. The molecule has 0 saturated heterocycles. The Morgan fingerprint density at radius 2 is 1.89 bits per heavy atom. The highest BCUT2D eigenvalue weighted by molar-refractivity contribution is 7.17. The molecule has 0 spiro atoms. The van der Waals surface area contributed by atoms with Crippen molar-refractivity contribution < 1.29 is 14.0 Å². The molecular weight excluding hydrogens is 501 g/mol. The van der Waals surface area contributed by atoms with Gasteiger partial charge in [0.2, 0.25) is 0 Å². The lowest BCUT2D eigenvalue weighted by atomic mass is 10.1. The first kappa shape index (κ1) is 27.6. The van der Waals surface area contributed by atoms with Crippen molar-refractivity contribution in [1.29, 1.82) is 0 Å². The van der Waals surface area contributed by atoms with E-state index >= 15 is 0 Å². The van der Waals surface area contributed by atoms with Gasteiger partial charge in [-0.25, -0.2) is 9.82 Å². The monoisotopic (exact) mass is 535 g/mol. The minimum atomic E-state index is -0.390. The fraction of sp³-hybridized carbons (Fsp3) is 0.345. The third kappa shape index (κ3) is 7.12. The van der Waals surface area contributed by atoms with E-state index in [4.69, 9.17) is 0 Å². The number of hydrogen-bond donors (Lipinski definition) is 3. The zero-order valence-corrected chi connectivity index (χ0v) is 22.7. The summed E-state index contributed by atoms with van der Waals surface area (Å²) < 4.78 is 13.4. The van der Waals surface area contributed by atoms with Crippen LogP contribution in [-0.4, -0.2) is 49.1 Å². The van der Waals surface area contributed by atoms with E-state index in [0.29, 0.717) is 28.2 Å². The zero-order valence-electron chi connectivity index (χ0n) is 21.9. The van der Waals surface area contributed by atoms with Crippen LogP contribution in [0.4, 0.5) is 9.39 Å². The highest BCUT2D eigenvalue weighted by Gasteiger charge is 2.27. The van der Waals surface area contributed by atoms with Crippen LogP contribution in [0, 0.1) is 5.82 Å². The highest BCUT2D eigenvalue weighted by atomic mass is 32.1. The maximum Gasteiger partial charge on any atom is 0.274 e. The van der Waals surface area contributed by atoms with Crippen LogP contribution in [0.15, 0.2) is 53.6 Å². The molecule has 2 amide bonds. The van der Waals surface area contributed by atoms with Gasteiger partial charge in [0, 0.05) is 30.1 Å². The molecule has 0 saturated carbocycles. The number of fused-ring (bicyclic) bond motifs is 1. The first-order chi connectivity index (χ1) is 18.5. The Hall–Kier alpha value is -3.40. The number of aryl methyl sites for hydroxylation is 1. The number of thiophene rings is 1. The van der Waals surface area contributed by atoms with E-state index in [1.807, 2.05) is 18.2 Å². The fourth-order valence-corrected chi connectivity index (χ4v) is 5.83. The second kappa shape index (κ2) is 13.4. The summed E-state index contributed by atoms with van der Waals surface area (Å²) in [4.78, 5) is 29.7. The van der Waals surface area contributed by atoms with Crippen molar-refractivity contribution in [2.24, 2.45) is 5.10 Å². The molecule has 3 aromatic rings. The molecule has 7 nitrogen and oxygen atoms in total. The predicted molar refractivity (Wildman–Crippen MR) is 152 cm³/mol. The Morgan fingerprint density at radius 1 is 1.08 bits per heavy atom. The quantitative estimate of drug-likeness (QED) is 0.176. The van der Waals surface area contributed by atoms with Crippen LogP contribution in [0.3, 0.4) is 0 Å². The number of amides is 2. The van der Waals surface area contributed by atoms with E-state index in [1.165, 1.54) is 29.7 Å². The van der Waals surface area contributed by atoms with Crippen molar-refractivity contribution in [1.82, 2.24) is 15.6 Å². The van der Waals surface area contributed by atoms with Crippen molar-refractivity contribution in [2.75, 3.05) is 31.5 Å². The molecule has 0 unspecified atom stereocenters. The van der Waals surface area contributed by atoms with Gasteiger partial charge in [0.25, 0.3) is 11.8 Å². The van der Waals surface area contributed by atoms with E-state index < -0.39 is 5.91 Å². The van der Waals surface area contributed by atoms with E-state index in [-0.39, 0.29) is 11.7 Å². The smallest absolute Gasteiger partial charge is 0.274 e. The summed E-state index contributed by atoms with van der Waals surface area (Å²) >= 11 is 1.45. The molecular formula is C29H34FN5O2S. The highest BCUT2D eigenvalue weighted by Crippen LogP contribution is 2.39. The Labute approximate surface area is 227 Å². The summed E-state index contributed by atoms with van der Waals surface area (Å²) in [6, 6.07) is 13.5. The first-order valence-electron chi connectivity index (χ1n) is 13.0. The first-order valence-corrected chi connectivity index (χ1v) is 13.9. The largest absolute Gasteiger partial charge is 0.313 e. The number of hydrogen-bond acceptors (Lipinski definition) is 6. The third-order valence-corrected chi connectivity index (χ3v) is 7.83. The SMILES string of the molecule is CCN(CC)CCNCc1cccc(C(=O)Nc2sc3c(c2C(=O)N/N=C/c2cccc(F)c2)CCC3)c1. The molecule has 0 fully saturated rings. The van der Waals surface area contributed by atoms with Gasteiger partial charge in [-0.3, -0.25) is 9.59 Å². The zero-order chi connectivity index (χ0) is 26.9. The number of carbonyl (C=O) groups is 2. The van der Waals surface area contributed by atoms with Gasteiger partial charge >= 0.3 is 0 Å². The fourth-order valence-electron chi connectivity index (χ4n) is 4.55. The van der Waals surface area contributed by atoms with Gasteiger partial charge in [-0.2, -0.15) is 5.10 Å². The molecule has 200 valence electrons. The van der Waals surface area contributed by atoms with Gasteiger partial charge in [-0.15, -0.1) is 11.3 Å². The number of nitrogens with one attached hydrogen (secondary N) is 3. The van der Waals surface area contributed by atoms with Crippen LogP contribution in [0.25, 0.3) is 0 Å². The van der Waals surface area contributed by atoms with Gasteiger partial charge in [0.1, 0.15) is 10.8 Å². The van der Waals surface area contributed by atoms with E-state index in [9.17, 15) is 14.0 Å². The molecule has 9 heteroatoms. The normalized spacial score (nSPS) is 12.7. The van der Waals surface area contributed by atoms with Gasteiger partial charge in [-0.05, 0) is 73.3 Å². The van der Waals surface area contributed by atoms with Gasteiger partial charge < -0.3 is 15.5 Å². The molecule has 0 atom stereocenters. The third-order valence-electron chi connectivity index (χ3n) is 6.62. The van der Waals surface area contributed by atoms with Crippen LogP contribution in [0.2, 0.25) is 0 Å². The maximum absolute atomic E-state index is 13.4. The molecule has 1 aliphatic carbocycles. The molecule has 1 heterocycles. The van der Waals surface area contributed by atoms with Crippen molar-refractivity contribution in [3.63, 3.8) is 0 Å². The van der Waals surface area contributed by atoms with Crippen LogP contribution in [-0.2, 0) is 19.4 Å². The second-order valence-electron chi connectivity index (χ2n) is 9.17. The maximum atomic E-state index is 13.4. The van der Waals surface area contributed by atoms with Crippen LogP contribution >= 0.6 is 11.3 Å². The molecule has 1 aliphatic rings. The van der Waals surface area contributed by atoms with E-state index in [0.717, 1.165) is 61.4 Å². The van der Waals surface area contributed by atoms with E-state index in [1.54, 1.807) is 18.2 Å². The van der Waals surface area contributed by atoms with Crippen molar-refractivity contribution in [3.05, 3.63) is 87.0 Å². The minimum absolute atomic E-state index is 0.257. The summed E-state index contributed by atoms with van der Waals surface area (Å²) in [6.45, 7) is 8.89. The molecule has 4 rings (SSSR count). The lowest BCUT2D eigenvalue weighted by Crippen LogP contribution is -2.31. The summed E-state index contributed by atoms with van der Waals surface area (Å²) in [5, 5.41) is 10.9. The number of halogens is 1. The number of hydrazone groups is 1. The number of likely N-dealkylation sites (N-methyl/N-ethyl adjacent to an activating group) is 1. The number of carbonyl (C=O) groups excluding carboxylic acids is 2. The van der Waals surface area contributed by atoms with Crippen molar-refractivity contribution in [3.8, 4) is 0 Å². The Kier molecular flexibility index (Phi) is 9.75. The topological polar surface area (TPSA) is 85.8 Å². The van der Waals surface area contributed by atoms with Crippen molar-refractivity contribution in [2.45, 2.75) is 39.7 Å². The average molecular weight is 536 g/mol. The molecule has 3 N–H and O–H groups in total. The molecule has 1 aromatic heterocycles. The number of nitrogens with zero attached hydrogens (tertiary/aromatic N) is 2. The summed E-state index contributed by atoms with van der Waals surface area (Å²) in [5.74, 6) is -1.02. The Morgan fingerprint density at radius 3 is 2.68 bits per heavy atom.